The van der Waals surface area contributed by atoms with Gasteiger partial charge < -0.3 is 15.0 Å². The molecule has 0 aromatic carbocycles. The maximum atomic E-state index is 5.94. The van der Waals surface area contributed by atoms with E-state index in [1.54, 1.807) is 0 Å². The van der Waals surface area contributed by atoms with Crippen LogP contribution in [0.3, 0.4) is 0 Å². The van der Waals surface area contributed by atoms with Gasteiger partial charge in [0, 0.05) is 32.2 Å². The lowest BCUT2D eigenvalue weighted by Crippen LogP contribution is -2.52. The van der Waals surface area contributed by atoms with Gasteiger partial charge in [-0.2, -0.15) is 0 Å². The van der Waals surface area contributed by atoms with Crippen molar-refractivity contribution in [1.29, 1.82) is 0 Å². The number of piperidine rings is 1. The van der Waals surface area contributed by atoms with Gasteiger partial charge in [-0.15, -0.1) is 0 Å². The first-order valence-electron chi connectivity index (χ1n) is 8.40. The van der Waals surface area contributed by atoms with Crippen molar-refractivity contribution in [3.63, 3.8) is 0 Å². The molecule has 0 bridgehead atoms. The van der Waals surface area contributed by atoms with E-state index in [2.05, 4.69) is 36.0 Å². The largest absolute Gasteiger partial charge is 0.374 e. The topological polar surface area (TPSA) is 27.7 Å². The second-order valence-corrected chi connectivity index (χ2v) is 6.95. The van der Waals surface area contributed by atoms with Gasteiger partial charge in [-0.05, 0) is 38.9 Å². The van der Waals surface area contributed by atoms with Gasteiger partial charge >= 0.3 is 0 Å². The number of morpholine rings is 1. The minimum Gasteiger partial charge on any atom is -0.374 e. The number of ether oxygens (including phenoxy) is 1. The molecule has 2 rings (SSSR count). The highest BCUT2D eigenvalue weighted by atomic mass is 16.5. The van der Waals surface area contributed by atoms with Gasteiger partial charge in [0.15, 0.2) is 0 Å². The zero-order chi connectivity index (χ0) is 14.4. The summed E-state index contributed by atoms with van der Waals surface area (Å²) in [5.41, 5.74) is 0. The summed E-state index contributed by atoms with van der Waals surface area (Å²) >= 11 is 0. The summed E-state index contributed by atoms with van der Waals surface area (Å²) in [6.45, 7) is 12.2. The van der Waals surface area contributed by atoms with E-state index in [1.807, 2.05) is 0 Å². The van der Waals surface area contributed by atoms with Crippen LogP contribution in [0.25, 0.3) is 0 Å². The molecule has 118 valence electrons. The summed E-state index contributed by atoms with van der Waals surface area (Å²) in [5.74, 6) is 0.738. The Morgan fingerprint density at radius 3 is 2.85 bits per heavy atom. The van der Waals surface area contributed by atoms with Gasteiger partial charge in [0.25, 0.3) is 0 Å². The van der Waals surface area contributed by atoms with E-state index >= 15 is 0 Å². The molecule has 0 aliphatic carbocycles. The maximum absolute atomic E-state index is 5.94. The van der Waals surface area contributed by atoms with Crippen molar-refractivity contribution < 1.29 is 4.74 Å². The zero-order valence-corrected chi connectivity index (χ0v) is 13.6. The van der Waals surface area contributed by atoms with Crippen molar-refractivity contribution in [2.24, 2.45) is 5.92 Å². The van der Waals surface area contributed by atoms with Crippen LogP contribution in [0.1, 0.15) is 33.1 Å². The normalized spacial score (nSPS) is 30.0. The number of hydrogen-bond acceptors (Lipinski definition) is 4. The van der Waals surface area contributed by atoms with E-state index in [9.17, 15) is 0 Å². The third-order valence-corrected chi connectivity index (χ3v) is 4.46. The predicted octanol–water partition coefficient (Wildman–Crippen LogP) is 1.42. The van der Waals surface area contributed by atoms with Crippen LogP contribution in [0.2, 0.25) is 0 Å². The minimum atomic E-state index is 0.402. The number of hydrogen-bond donors (Lipinski definition) is 1. The lowest BCUT2D eigenvalue weighted by molar-refractivity contribution is -0.0451. The highest BCUT2D eigenvalue weighted by Crippen LogP contribution is 2.18. The Morgan fingerprint density at radius 1 is 1.25 bits per heavy atom. The molecule has 0 aromatic rings. The van der Waals surface area contributed by atoms with Crippen molar-refractivity contribution in [1.82, 2.24) is 15.1 Å². The standard InChI is InChI=1S/C16H33N3O/c1-14(2)10-17-11-15-6-4-5-7-19(15)13-16-12-18(3)8-9-20-16/h14-17H,4-13H2,1-3H3. The fraction of sp³-hybridized carbons (Fsp3) is 1.00. The monoisotopic (exact) mass is 283 g/mol. The van der Waals surface area contributed by atoms with Crippen molar-refractivity contribution in [2.75, 3.05) is 52.9 Å². The third kappa shape index (κ3) is 5.32. The lowest BCUT2D eigenvalue weighted by atomic mass is 10.0. The molecule has 2 unspecified atom stereocenters. The van der Waals surface area contributed by atoms with Crippen LogP contribution in [0, 0.1) is 5.92 Å². The zero-order valence-electron chi connectivity index (χ0n) is 13.6. The van der Waals surface area contributed by atoms with E-state index in [1.165, 1.54) is 25.8 Å². The summed E-state index contributed by atoms with van der Waals surface area (Å²) in [6.07, 6.45) is 4.48. The van der Waals surface area contributed by atoms with Crippen molar-refractivity contribution in [2.45, 2.75) is 45.3 Å². The molecule has 2 atom stereocenters. The van der Waals surface area contributed by atoms with Crippen molar-refractivity contribution in [3.05, 3.63) is 0 Å². The number of likely N-dealkylation sites (tertiary alicyclic amines) is 1. The summed E-state index contributed by atoms with van der Waals surface area (Å²) in [7, 11) is 2.20. The SMILES string of the molecule is CC(C)CNCC1CCCCN1CC1CN(C)CCO1. The molecule has 1 N–H and O–H groups in total. The molecule has 2 aliphatic heterocycles. The Labute approximate surface area is 124 Å². The molecule has 2 aliphatic rings. The molecule has 2 saturated heterocycles. The van der Waals surface area contributed by atoms with E-state index in [4.69, 9.17) is 4.74 Å². The average Bonchev–Trinajstić information content (AvgIpc) is 2.40. The van der Waals surface area contributed by atoms with Crippen LogP contribution in [0.5, 0.6) is 0 Å². The lowest BCUT2D eigenvalue weighted by Gasteiger charge is -2.40. The van der Waals surface area contributed by atoms with Crippen LogP contribution in [-0.2, 0) is 4.74 Å². The molecule has 2 fully saturated rings. The summed E-state index contributed by atoms with van der Waals surface area (Å²) in [6, 6.07) is 0.707. The third-order valence-electron chi connectivity index (χ3n) is 4.46. The Bertz CT molecular complexity index is 272. The van der Waals surface area contributed by atoms with Gasteiger partial charge in [0.2, 0.25) is 0 Å². The highest BCUT2D eigenvalue weighted by Gasteiger charge is 2.27. The van der Waals surface area contributed by atoms with Crippen LogP contribution in [0.15, 0.2) is 0 Å². The molecule has 0 amide bonds. The Morgan fingerprint density at radius 2 is 2.10 bits per heavy atom. The molecular weight excluding hydrogens is 250 g/mol. The molecule has 0 saturated carbocycles. The Balaban J connectivity index is 1.77. The second kappa shape index (κ2) is 8.32. The maximum Gasteiger partial charge on any atom is 0.0829 e. The first-order valence-corrected chi connectivity index (χ1v) is 8.40. The summed E-state index contributed by atoms with van der Waals surface area (Å²) in [5, 5.41) is 3.64. The summed E-state index contributed by atoms with van der Waals surface area (Å²) < 4.78 is 5.94. The van der Waals surface area contributed by atoms with Gasteiger partial charge in [-0.3, -0.25) is 4.90 Å². The van der Waals surface area contributed by atoms with Crippen LogP contribution in [0.4, 0.5) is 0 Å². The van der Waals surface area contributed by atoms with E-state index in [-0.39, 0.29) is 0 Å². The van der Waals surface area contributed by atoms with Crippen LogP contribution in [-0.4, -0.2) is 74.9 Å². The van der Waals surface area contributed by atoms with Crippen LogP contribution < -0.4 is 5.32 Å². The summed E-state index contributed by atoms with van der Waals surface area (Å²) in [4.78, 5) is 5.06. The number of nitrogens with zero attached hydrogens (tertiary/aromatic N) is 2. The highest BCUT2D eigenvalue weighted by molar-refractivity contribution is 4.82. The predicted molar refractivity (Wildman–Crippen MR) is 84.2 cm³/mol. The van der Waals surface area contributed by atoms with Crippen molar-refractivity contribution in [3.8, 4) is 0 Å². The molecule has 4 heteroatoms. The Hall–Kier alpha value is -0.160. The fourth-order valence-corrected chi connectivity index (χ4v) is 3.31. The number of nitrogens with one attached hydrogen (secondary N) is 1. The number of rotatable bonds is 6. The van der Waals surface area contributed by atoms with Gasteiger partial charge in [0.1, 0.15) is 0 Å². The molecule has 0 aromatic heterocycles. The van der Waals surface area contributed by atoms with E-state index in [0.717, 1.165) is 45.2 Å². The average molecular weight is 283 g/mol. The number of likely N-dealkylation sites (N-methyl/N-ethyl adjacent to an activating group) is 1. The van der Waals surface area contributed by atoms with E-state index < -0.39 is 0 Å². The molecule has 20 heavy (non-hydrogen) atoms. The minimum absolute atomic E-state index is 0.402. The quantitative estimate of drug-likeness (QED) is 0.798. The molecule has 0 spiro atoms. The molecule has 2 heterocycles. The van der Waals surface area contributed by atoms with Crippen LogP contribution >= 0.6 is 0 Å². The first-order chi connectivity index (χ1) is 9.65. The van der Waals surface area contributed by atoms with E-state index in [0.29, 0.717) is 12.1 Å². The van der Waals surface area contributed by atoms with Gasteiger partial charge in [0.05, 0.1) is 12.7 Å². The Kier molecular flexibility index (Phi) is 6.75. The second-order valence-electron chi connectivity index (χ2n) is 6.95. The molecule has 4 nitrogen and oxygen atoms in total. The van der Waals surface area contributed by atoms with Gasteiger partial charge in [-0.25, -0.2) is 0 Å². The molecule has 0 radical (unpaired) electrons. The first kappa shape index (κ1) is 16.2. The van der Waals surface area contributed by atoms with Gasteiger partial charge in [-0.1, -0.05) is 20.3 Å². The van der Waals surface area contributed by atoms with Crippen molar-refractivity contribution >= 4 is 0 Å². The smallest absolute Gasteiger partial charge is 0.0829 e. The fourth-order valence-electron chi connectivity index (χ4n) is 3.31. The molecular formula is C16H33N3O.